The van der Waals surface area contributed by atoms with Gasteiger partial charge in [0.2, 0.25) is 0 Å². The van der Waals surface area contributed by atoms with E-state index in [-0.39, 0.29) is 5.91 Å². The molecule has 2 amide bonds. The van der Waals surface area contributed by atoms with Gasteiger partial charge in [-0.25, -0.2) is 4.79 Å². The first-order valence-corrected chi connectivity index (χ1v) is 10.9. The van der Waals surface area contributed by atoms with Crippen LogP contribution in [-0.2, 0) is 9.53 Å². The SMILES string of the molecule is CNC(=O)c1ccc(NC(=O)COC(=O)c2ccccc2NCCC2=CCCCC2)cc1. The molecule has 3 rings (SSSR count). The summed E-state index contributed by atoms with van der Waals surface area (Å²) in [4.78, 5) is 36.3. The maximum atomic E-state index is 12.5. The molecule has 0 bridgehead atoms. The standard InChI is InChI=1S/C25H29N3O4/c1-26-24(30)19-11-13-20(14-12-19)28-23(29)17-32-25(31)21-9-5-6-10-22(21)27-16-15-18-7-3-2-4-8-18/h5-7,9-14,27H,2-4,8,15-17H2,1H3,(H,26,30)(H,28,29). The zero-order chi connectivity index (χ0) is 22.8. The van der Waals surface area contributed by atoms with Crippen LogP contribution in [-0.4, -0.2) is 38.0 Å². The van der Waals surface area contributed by atoms with Crippen molar-refractivity contribution in [2.24, 2.45) is 0 Å². The first-order valence-electron chi connectivity index (χ1n) is 10.9. The van der Waals surface area contributed by atoms with Crippen LogP contribution < -0.4 is 16.0 Å². The van der Waals surface area contributed by atoms with Gasteiger partial charge in [0, 0.05) is 30.5 Å². The summed E-state index contributed by atoms with van der Waals surface area (Å²) in [7, 11) is 1.55. The summed E-state index contributed by atoms with van der Waals surface area (Å²) in [5.41, 5.74) is 3.55. The van der Waals surface area contributed by atoms with E-state index < -0.39 is 18.5 Å². The maximum Gasteiger partial charge on any atom is 0.340 e. The van der Waals surface area contributed by atoms with Gasteiger partial charge in [0.1, 0.15) is 0 Å². The third-order valence-electron chi connectivity index (χ3n) is 5.29. The molecule has 0 spiro atoms. The number of hydrogen-bond donors (Lipinski definition) is 3. The molecule has 0 aliphatic heterocycles. The molecule has 0 heterocycles. The van der Waals surface area contributed by atoms with Crippen LogP contribution >= 0.6 is 0 Å². The van der Waals surface area contributed by atoms with Crippen molar-refractivity contribution in [1.82, 2.24) is 5.32 Å². The van der Waals surface area contributed by atoms with Gasteiger partial charge < -0.3 is 20.7 Å². The lowest BCUT2D eigenvalue weighted by Gasteiger charge is -2.15. The second-order valence-electron chi connectivity index (χ2n) is 7.61. The number of para-hydroxylation sites is 1. The minimum atomic E-state index is -0.560. The van der Waals surface area contributed by atoms with Crippen LogP contribution in [0.3, 0.4) is 0 Å². The average Bonchev–Trinajstić information content (AvgIpc) is 2.83. The highest BCUT2D eigenvalue weighted by Crippen LogP contribution is 2.21. The molecule has 3 N–H and O–H groups in total. The number of rotatable bonds is 9. The molecule has 0 radical (unpaired) electrons. The van der Waals surface area contributed by atoms with E-state index in [1.54, 1.807) is 43.4 Å². The Hall–Kier alpha value is -3.61. The zero-order valence-electron chi connectivity index (χ0n) is 18.3. The van der Waals surface area contributed by atoms with Gasteiger partial charge in [-0.2, -0.15) is 0 Å². The van der Waals surface area contributed by atoms with E-state index >= 15 is 0 Å². The van der Waals surface area contributed by atoms with Crippen molar-refractivity contribution in [2.75, 3.05) is 30.8 Å². The Bertz CT molecular complexity index is 983. The summed E-state index contributed by atoms with van der Waals surface area (Å²) in [6, 6.07) is 13.6. The van der Waals surface area contributed by atoms with E-state index in [9.17, 15) is 14.4 Å². The number of ether oxygens (including phenoxy) is 1. The largest absolute Gasteiger partial charge is 0.452 e. The zero-order valence-corrected chi connectivity index (χ0v) is 18.3. The number of amides is 2. The average molecular weight is 436 g/mol. The Morgan fingerprint density at radius 1 is 1.00 bits per heavy atom. The molecular weight excluding hydrogens is 406 g/mol. The molecule has 32 heavy (non-hydrogen) atoms. The third-order valence-corrected chi connectivity index (χ3v) is 5.29. The van der Waals surface area contributed by atoms with Crippen molar-refractivity contribution < 1.29 is 19.1 Å². The topological polar surface area (TPSA) is 96.5 Å². The predicted octanol–water partition coefficient (Wildman–Crippen LogP) is 4.14. The van der Waals surface area contributed by atoms with Gasteiger partial charge in [0.15, 0.2) is 6.61 Å². The van der Waals surface area contributed by atoms with Gasteiger partial charge in [-0.3, -0.25) is 9.59 Å². The molecule has 168 valence electrons. The number of carbonyl (C=O) groups excluding carboxylic acids is 3. The summed E-state index contributed by atoms with van der Waals surface area (Å²) in [6.07, 6.45) is 8.07. The van der Waals surface area contributed by atoms with Crippen LogP contribution in [0, 0.1) is 0 Å². The van der Waals surface area contributed by atoms with Gasteiger partial charge in [-0.1, -0.05) is 23.8 Å². The summed E-state index contributed by atoms with van der Waals surface area (Å²) in [6.45, 7) is 0.333. The molecule has 0 atom stereocenters. The number of hydrogen-bond acceptors (Lipinski definition) is 5. The van der Waals surface area contributed by atoms with Gasteiger partial charge in [0.05, 0.1) is 5.56 Å². The fourth-order valence-electron chi connectivity index (χ4n) is 3.56. The summed E-state index contributed by atoms with van der Waals surface area (Å²) < 4.78 is 5.21. The quantitative estimate of drug-likeness (QED) is 0.406. The second-order valence-corrected chi connectivity index (χ2v) is 7.61. The Balaban J connectivity index is 1.49. The van der Waals surface area contributed by atoms with Gasteiger partial charge >= 0.3 is 5.97 Å². The number of allylic oxidation sites excluding steroid dienone is 1. The lowest BCUT2D eigenvalue weighted by molar-refractivity contribution is -0.119. The van der Waals surface area contributed by atoms with Crippen LogP contribution in [0.1, 0.15) is 52.8 Å². The third kappa shape index (κ3) is 6.70. The van der Waals surface area contributed by atoms with Crippen molar-refractivity contribution in [3.8, 4) is 0 Å². The lowest BCUT2D eigenvalue weighted by atomic mass is 9.97. The number of esters is 1. The smallest absolute Gasteiger partial charge is 0.340 e. The molecule has 1 aliphatic rings. The molecule has 2 aromatic carbocycles. The summed E-state index contributed by atoms with van der Waals surface area (Å²) >= 11 is 0. The van der Waals surface area contributed by atoms with E-state index in [1.807, 2.05) is 12.1 Å². The van der Waals surface area contributed by atoms with Gasteiger partial charge in [-0.05, 0) is 68.5 Å². The normalized spacial score (nSPS) is 13.0. The summed E-state index contributed by atoms with van der Waals surface area (Å²) in [5.74, 6) is -1.23. The number of nitrogens with one attached hydrogen (secondary N) is 3. The number of benzene rings is 2. The van der Waals surface area contributed by atoms with Crippen molar-refractivity contribution in [3.05, 3.63) is 71.3 Å². The molecule has 7 nitrogen and oxygen atoms in total. The highest BCUT2D eigenvalue weighted by molar-refractivity contribution is 5.99. The second kappa shape index (κ2) is 11.7. The van der Waals surface area contributed by atoms with E-state index in [4.69, 9.17) is 4.74 Å². The van der Waals surface area contributed by atoms with Crippen LogP contribution in [0.4, 0.5) is 11.4 Å². The lowest BCUT2D eigenvalue weighted by Crippen LogP contribution is -2.22. The van der Waals surface area contributed by atoms with Crippen molar-refractivity contribution in [1.29, 1.82) is 0 Å². The Kier molecular flexibility index (Phi) is 8.43. The highest BCUT2D eigenvalue weighted by atomic mass is 16.5. The number of carbonyl (C=O) groups is 3. The van der Waals surface area contributed by atoms with Gasteiger partial charge in [-0.15, -0.1) is 0 Å². The minimum absolute atomic E-state index is 0.209. The fraction of sp³-hybridized carbons (Fsp3) is 0.320. The summed E-state index contributed by atoms with van der Waals surface area (Å²) in [5, 5.41) is 8.49. The Morgan fingerprint density at radius 2 is 1.78 bits per heavy atom. The van der Waals surface area contributed by atoms with Crippen molar-refractivity contribution in [3.63, 3.8) is 0 Å². The van der Waals surface area contributed by atoms with Crippen LogP contribution in [0.15, 0.2) is 60.2 Å². The molecule has 0 saturated carbocycles. The maximum absolute atomic E-state index is 12.5. The van der Waals surface area contributed by atoms with E-state index in [0.29, 0.717) is 22.5 Å². The first kappa shape index (κ1) is 23.1. The number of anilines is 2. The fourth-order valence-corrected chi connectivity index (χ4v) is 3.56. The first-order chi connectivity index (χ1) is 15.6. The van der Waals surface area contributed by atoms with E-state index in [1.165, 1.54) is 18.4 Å². The van der Waals surface area contributed by atoms with Crippen molar-refractivity contribution >= 4 is 29.2 Å². The minimum Gasteiger partial charge on any atom is -0.452 e. The molecule has 7 heteroatoms. The molecular formula is C25H29N3O4. The van der Waals surface area contributed by atoms with E-state index in [2.05, 4.69) is 22.0 Å². The molecule has 2 aromatic rings. The molecule has 0 saturated heterocycles. The molecule has 1 aliphatic carbocycles. The van der Waals surface area contributed by atoms with E-state index in [0.717, 1.165) is 25.8 Å². The van der Waals surface area contributed by atoms with Gasteiger partial charge in [0.25, 0.3) is 11.8 Å². The predicted molar refractivity (Wildman–Crippen MR) is 125 cm³/mol. The monoisotopic (exact) mass is 435 g/mol. The molecule has 0 aromatic heterocycles. The molecule has 0 fully saturated rings. The van der Waals surface area contributed by atoms with Crippen molar-refractivity contribution in [2.45, 2.75) is 32.1 Å². The van der Waals surface area contributed by atoms with Crippen LogP contribution in [0.2, 0.25) is 0 Å². The Labute approximate surface area is 188 Å². The van der Waals surface area contributed by atoms with Crippen LogP contribution in [0.5, 0.6) is 0 Å². The highest BCUT2D eigenvalue weighted by Gasteiger charge is 2.15. The van der Waals surface area contributed by atoms with Crippen LogP contribution in [0.25, 0.3) is 0 Å². The molecule has 0 unspecified atom stereocenters. The Morgan fingerprint density at radius 3 is 2.50 bits per heavy atom.